The van der Waals surface area contributed by atoms with Gasteiger partial charge >= 0.3 is 0 Å². The Balaban J connectivity index is 1.97. The molecule has 0 bridgehead atoms. The van der Waals surface area contributed by atoms with Gasteiger partial charge in [-0.3, -0.25) is 0 Å². The van der Waals surface area contributed by atoms with Crippen LogP contribution < -0.4 is 20.5 Å². The fraction of sp³-hybridized carbons (Fsp3) is 0.409. The van der Waals surface area contributed by atoms with Crippen molar-refractivity contribution in [2.45, 2.75) is 50.5 Å². The second-order valence-electron chi connectivity index (χ2n) is 8.85. The van der Waals surface area contributed by atoms with Gasteiger partial charge in [0.05, 0.1) is 29.9 Å². The van der Waals surface area contributed by atoms with Gasteiger partial charge in [-0.1, -0.05) is 19.9 Å². The van der Waals surface area contributed by atoms with Gasteiger partial charge in [0, 0.05) is 11.1 Å². The van der Waals surface area contributed by atoms with Crippen LogP contribution in [0.5, 0.6) is 5.75 Å². The third-order valence-corrected chi connectivity index (χ3v) is 6.63. The fourth-order valence-electron chi connectivity index (χ4n) is 3.81. The van der Waals surface area contributed by atoms with Crippen LogP contribution in [0, 0.1) is 6.92 Å². The molecular formula is C22H29N3O4S2. The van der Waals surface area contributed by atoms with E-state index in [0.29, 0.717) is 28.7 Å². The lowest BCUT2D eigenvalue weighted by molar-refractivity contribution is -0.0585. The van der Waals surface area contributed by atoms with Crippen molar-refractivity contribution in [2.24, 2.45) is 5.14 Å². The molecule has 1 heterocycles. The zero-order valence-electron chi connectivity index (χ0n) is 18.6. The summed E-state index contributed by atoms with van der Waals surface area (Å²) in [5.74, 6) is 0.676. The predicted octanol–water partition coefficient (Wildman–Crippen LogP) is 4.00. The standard InChI is InChI=1S/C22H29N3O4S2/c1-13-11-14(31(23,26)27)7-9-16(13)24-20(30)25-19-17(28-6)10-8-15-18(19)21(2,3)12-29-22(15,4)5/h7-11H,12H2,1-6H3,(H2,23,26,27)(H2,24,25,30). The Hall–Kier alpha value is -2.20. The Bertz CT molecular complexity index is 1140. The average molecular weight is 464 g/mol. The van der Waals surface area contributed by atoms with Crippen LogP contribution in [0.15, 0.2) is 35.2 Å². The molecule has 7 nitrogen and oxygen atoms in total. The van der Waals surface area contributed by atoms with Crippen molar-refractivity contribution in [3.8, 4) is 5.75 Å². The number of hydrogen-bond donors (Lipinski definition) is 3. The first kappa shape index (κ1) is 23.5. The van der Waals surface area contributed by atoms with Crippen LogP contribution in [-0.4, -0.2) is 27.2 Å². The van der Waals surface area contributed by atoms with Crippen LogP contribution in [0.1, 0.15) is 44.4 Å². The number of nitrogens with one attached hydrogen (secondary N) is 2. The van der Waals surface area contributed by atoms with Crippen molar-refractivity contribution in [1.29, 1.82) is 0 Å². The molecule has 0 fully saturated rings. The number of methoxy groups -OCH3 is 1. The molecule has 0 aliphatic carbocycles. The van der Waals surface area contributed by atoms with Gasteiger partial charge in [-0.15, -0.1) is 0 Å². The molecule has 0 radical (unpaired) electrons. The average Bonchev–Trinajstić information content (AvgIpc) is 2.66. The Morgan fingerprint density at radius 3 is 2.42 bits per heavy atom. The van der Waals surface area contributed by atoms with Gasteiger partial charge < -0.3 is 20.1 Å². The van der Waals surface area contributed by atoms with Crippen LogP contribution in [0.4, 0.5) is 11.4 Å². The van der Waals surface area contributed by atoms with Gasteiger partial charge in [0.1, 0.15) is 5.75 Å². The molecule has 0 saturated heterocycles. The number of thiocarbonyl (C=S) groups is 1. The summed E-state index contributed by atoms with van der Waals surface area (Å²) in [5, 5.41) is 12.0. The van der Waals surface area contributed by atoms with Crippen LogP contribution in [0.2, 0.25) is 0 Å². The summed E-state index contributed by atoms with van der Waals surface area (Å²) in [7, 11) is -2.15. The second kappa shape index (κ2) is 8.05. The number of fused-ring (bicyclic) bond motifs is 1. The van der Waals surface area contributed by atoms with E-state index < -0.39 is 15.6 Å². The molecule has 2 aromatic rings. The van der Waals surface area contributed by atoms with Crippen molar-refractivity contribution in [3.63, 3.8) is 0 Å². The number of benzene rings is 2. The molecule has 0 saturated carbocycles. The first-order chi connectivity index (χ1) is 14.3. The maximum atomic E-state index is 11.6. The molecule has 2 aromatic carbocycles. The molecule has 4 N–H and O–H groups in total. The Morgan fingerprint density at radius 2 is 1.84 bits per heavy atom. The van der Waals surface area contributed by atoms with Gasteiger partial charge in [0.15, 0.2) is 5.11 Å². The Morgan fingerprint density at radius 1 is 1.16 bits per heavy atom. The first-order valence-electron chi connectivity index (χ1n) is 9.83. The van der Waals surface area contributed by atoms with Gasteiger partial charge in [-0.05, 0) is 73.9 Å². The van der Waals surface area contributed by atoms with Crippen LogP contribution in [-0.2, 0) is 25.8 Å². The van der Waals surface area contributed by atoms with E-state index in [1.807, 2.05) is 26.0 Å². The van der Waals surface area contributed by atoms with E-state index >= 15 is 0 Å². The number of primary sulfonamides is 1. The van der Waals surface area contributed by atoms with Crippen molar-refractivity contribution in [2.75, 3.05) is 24.4 Å². The smallest absolute Gasteiger partial charge is 0.238 e. The number of sulfonamides is 1. The highest BCUT2D eigenvalue weighted by molar-refractivity contribution is 7.89. The number of aryl methyl sites for hydroxylation is 1. The number of nitrogens with two attached hydrogens (primary N) is 1. The van der Waals surface area contributed by atoms with Crippen LogP contribution >= 0.6 is 12.2 Å². The lowest BCUT2D eigenvalue weighted by Gasteiger charge is -2.43. The number of hydrogen-bond acceptors (Lipinski definition) is 5. The SMILES string of the molecule is COc1ccc2c(c1NC(=S)Nc1ccc(S(N)(=O)=O)cc1C)C(C)(C)COC2(C)C. The van der Waals surface area contributed by atoms with Crippen LogP contribution in [0.25, 0.3) is 0 Å². The third kappa shape index (κ3) is 4.69. The van der Waals surface area contributed by atoms with E-state index in [2.05, 4.69) is 24.5 Å². The minimum absolute atomic E-state index is 0.0530. The topological polar surface area (TPSA) is 103 Å². The summed E-state index contributed by atoms with van der Waals surface area (Å²) < 4.78 is 34.9. The van der Waals surface area contributed by atoms with E-state index in [1.165, 1.54) is 12.1 Å². The first-order valence-corrected chi connectivity index (χ1v) is 11.8. The van der Waals surface area contributed by atoms with E-state index in [4.69, 9.17) is 26.8 Å². The monoisotopic (exact) mass is 463 g/mol. The predicted molar refractivity (Wildman–Crippen MR) is 127 cm³/mol. The van der Waals surface area contributed by atoms with Crippen molar-refractivity contribution >= 4 is 38.7 Å². The summed E-state index contributed by atoms with van der Waals surface area (Å²) in [6, 6.07) is 8.53. The van der Waals surface area contributed by atoms with E-state index in [-0.39, 0.29) is 10.3 Å². The van der Waals surface area contributed by atoms with Crippen molar-refractivity contribution in [1.82, 2.24) is 0 Å². The molecule has 0 amide bonds. The third-order valence-electron chi connectivity index (χ3n) is 5.52. The van der Waals surface area contributed by atoms with Crippen molar-refractivity contribution in [3.05, 3.63) is 47.0 Å². The lowest BCUT2D eigenvalue weighted by Crippen LogP contribution is -2.41. The molecule has 168 valence electrons. The molecule has 0 spiro atoms. The number of ether oxygens (including phenoxy) is 2. The Labute approximate surface area is 189 Å². The highest BCUT2D eigenvalue weighted by Gasteiger charge is 2.40. The van der Waals surface area contributed by atoms with Gasteiger partial charge in [-0.2, -0.15) is 0 Å². The molecule has 0 aromatic heterocycles. The lowest BCUT2D eigenvalue weighted by atomic mass is 9.74. The molecular weight excluding hydrogens is 434 g/mol. The highest BCUT2D eigenvalue weighted by atomic mass is 32.2. The summed E-state index contributed by atoms with van der Waals surface area (Å²) in [5.41, 5.74) is 3.63. The molecule has 0 unspecified atom stereocenters. The van der Waals surface area contributed by atoms with Gasteiger partial charge in [-0.25, -0.2) is 13.6 Å². The normalized spacial score (nSPS) is 16.9. The summed E-state index contributed by atoms with van der Waals surface area (Å²) in [6.07, 6.45) is 0. The number of anilines is 2. The maximum absolute atomic E-state index is 11.6. The van der Waals surface area contributed by atoms with E-state index in [1.54, 1.807) is 20.1 Å². The largest absolute Gasteiger partial charge is 0.495 e. The van der Waals surface area contributed by atoms with E-state index in [9.17, 15) is 8.42 Å². The molecule has 9 heteroatoms. The zero-order chi connectivity index (χ0) is 23.2. The fourth-order valence-corrected chi connectivity index (χ4v) is 4.62. The highest BCUT2D eigenvalue weighted by Crippen LogP contribution is 2.47. The van der Waals surface area contributed by atoms with Gasteiger partial charge in [0.2, 0.25) is 10.0 Å². The van der Waals surface area contributed by atoms with E-state index in [0.717, 1.165) is 16.8 Å². The van der Waals surface area contributed by atoms with Crippen LogP contribution in [0.3, 0.4) is 0 Å². The molecule has 0 atom stereocenters. The molecule has 1 aliphatic rings. The summed E-state index contributed by atoms with van der Waals surface area (Å²) in [4.78, 5) is 0.0530. The maximum Gasteiger partial charge on any atom is 0.238 e. The Kier molecular flexibility index (Phi) is 6.09. The summed E-state index contributed by atoms with van der Waals surface area (Å²) >= 11 is 5.58. The summed E-state index contributed by atoms with van der Waals surface area (Å²) in [6.45, 7) is 10.7. The minimum atomic E-state index is -3.77. The molecule has 3 rings (SSSR count). The molecule has 31 heavy (non-hydrogen) atoms. The second-order valence-corrected chi connectivity index (χ2v) is 10.8. The van der Waals surface area contributed by atoms with Crippen molar-refractivity contribution < 1.29 is 17.9 Å². The van der Waals surface area contributed by atoms with Gasteiger partial charge in [0.25, 0.3) is 0 Å². The quantitative estimate of drug-likeness (QED) is 0.589. The number of rotatable bonds is 4. The molecule has 1 aliphatic heterocycles. The zero-order valence-corrected chi connectivity index (χ0v) is 20.3. The minimum Gasteiger partial charge on any atom is -0.495 e.